The third-order valence-electron chi connectivity index (χ3n) is 7.91. The van der Waals surface area contributed by atoms with Crippen molar-refractivity contribution < 1.29 is 18.0 Å². The summed E-state index contributed by atoms with van der Waals surface area (Å²) in [6, 6.07) is 13.6. The zero-order valence-electron chi connectivity index (χ0n) is 22.5. The quantitative estimate of drug-likeness (QED) is 0.237. The summed E-state index contributed by atoms with van der Waals surface area (Å²) in [6.45, 7) is 8.08. The minimum atomic E-state index is -4.41. The van der Waals surface area contributed by atoms with E-state index >= 15 is 0 Å². The Labute approximate surface area is 232 Å². The average molecular weight is 551 g/mol. The molecular formula is C30H33F3N6O. The van der Waals surface area contributed by atoms with Crippen LogP contribution in [0.4, 0.5) is 30.5 Å². The van der Waals surface area contributed by atoms with Crippen molar-refractivity contribution in [2.75, 3.05) is 23.4 Å². The Kier molecular flexibility index (Phi) is 8.16. The maximum atomic E-state index is 13.2. The minimum Gasteiger partial charge on any atom is -0.365 e. The summed E-state index contributed by atoms with van der Waals surface area (Å²) < 4.78 is 39.7. The molecule has 1 N–H and O–H groups in total. The smallest absolute Gasteiger partial charge is 0.365 e. The zero-order valence-corrected chi connectivity index (χ0v) is 22.5. The molecule has 1 saturated carbocycles. The molecule has 1 fully saturated rings. The first-order valence-electron chi connectivity index (χ1n) is 13.6. The van der Waals surface area contributed by atoms with E-state index in [0.29, 0.717) is 35.9 Å². The van der Waals surface area contributed by atoms with Gasteiger partial charge >= 0.3 is 6.18 Å². The predicted octanol–water partition coefficient (Wildman–Crippen LogP) is 6.26. The molecule has 1 aliphatic heterocycles. The molecule has 0 saturated heterocycles. The number of aldehydes is 1. The lowest BCUT2D eigenvalue weighted by atomic mass is 9.80. The van der Waals surface area contributed by atoms with E-state index in [1.165, 1.54) is 29.7 Å². The second-order valence-corrected chi connectivity index (χ2v) is 10.6. The van der Waals surface area contributed by atoms with Gasteiger partial charge in [0.2, 0.25) is 0 Å². The standard InChI is InChI=1S/C30H33F3N6O/c1-20(22-8-5-9-22)35-29-27(28(34-2)36-26(18-40)37-29)39(16-21-10-12-25(13-11-21)30(31,32)33)19-38-15-14-23-6-3-4-7-24(23)17-38/h3-4,6-7,10-13,18,20,22H,2,5,8-9,14-17,19H2,1H3,(H,35,36,37)/t20-/m1/s1. The number of alkyl halides is 3. The third kappa shape index (κ3) is 6.17. The number of carbonyl (C=O) groups is 1. The highest BCUT2D eigenvalue weighted by molar-refractivity contribution is 5.82. The molecule has 10 heteroatoms. The SMILES string of the molecule is C=Nc1nc(C=O)nc(N[C@H](C)C2CCC2)c1N(Cc1ccc(C(F)(F)F)cc1)CN1CCc2ccccc2C1. The summed E-state index contributed by atoms with van der Waals surface area (Å²) in [7, 11) is 0. The van der Waals surface area contributed by atoms with Crippen LogP contribution in [0, 0.1) is 5.92 Å². The minimum absolute atomic E-state index is 0.00385. The molecular weight excluding hydrogens is 517 g/mol. The summed E-state index contributed by atoms with van der Waals surface area (Å²) >= 11 is 0. The highest BCUT2D eigenvalue weighted by Gasteiger charge is 2.31. The van der Waals surface area contributed by atoms with Crippen LogP contribution in [-0.2, 0) is 25.7 Å². The topological polar surface area (TPSA) is 73.7 Å². The van der Waals surface area contributed by atoms with Crippen LogP contribution in [0.1, 0.15) is 59.1 Å². The number of hydrogen-bond donors (Lipinski definition) is 1. The average Bonchev–Trinajstić information content (AvgIpc) is 2.91. The number of aromatic nitrogens is 2. The first kappa shape index (κ1) is 27.8. The van der Waals surface area contributed by atoms with Gasteiger partial charge in [-0.1, -0.05) is 42.8 Å². The molecule has 3 aromatic rings. The van der Waals surface area contributed by atoms with E-state index in [-0.39, 0.29) is 24.2 Å². The monoisotopic (exact) mass is 550 g/mol. The zero-order chi connectivity index (χ0) is 28.3. The van der Waals surface area contributed by atoms with Gasteiger partial charge in [0, 0.05) is 25.7 Å². The van der Waals surface area contributed by atoms with Crippen LogP contribution in [0.5, 0.6) is 0 Å². The van der Waals surface area contributed by atoms with Gasteiger partial charge in [-0.25, -0.2) is 15.0 Å². The van der Waals surface area contributed by atoms with Gasteiger partial charge in [-0.2, -0.15) is 13.2 Å². The number of halogens is 3. The largest absolute Gasteiger partial charge is 0.416 e. The van der Waals surface area contributed by atoms with E-state index in [1.54, 1.807) is 0 Å². The molecule has 210 valence electrons. The molecule has 5 rings (SSSR count). The van der Waals surface area contributed by atoms with Crippen LogP contribution >= 0.6 is 0 Å². The van der Waals surface area contributed by atoms with E-state index in [1.807, 2.05) is 17.0 Å². The molecule has 40 heavy (non-hydrogen) atoms. The molecule has 0 bridgehead atoms. The summed E-state index contributed by atoms with van der Waals surface area (Å²) in [5, 5.41) is 3.50. The normalized spacial score (nSPS) is 16.5. The van der Waals surface area contributed by atoms with Gasteiger partial charge in [0.05, 0.1) is 12.2 Å². The number of rotatable bonds is 10. The Balaban J connectivity index is 1.52. The van der Waals surface area contributed by atoms with Gasteiger partial charge in [0.15, 0.2) is 23.7 Å². The fraction of sp³-hybridized carbons (Fsp3) is 0.400. The maximum Gasteiger partial charge on any atom is 0.416 e. The molecule has 0 spiro atoms. The molecule has 2 aromatic carbocycles. The lowest BCUT2D eigenvalue weighted by Crippen LogP contribution is -2.41. The van der Waals surface area contributed by atoms with Crippen LogP contribution < -0.4 is 10.2 Å². The fourth-order valence-corrected chi connectivity index (χ4v) is 5.42. The molecule has 1 aromatic heterocycles. The van der Waals surface area contributed by atoms with Gasteiger partial charge in [-0.05, 0) is 67.6 Å². The molecule has 2 heterocycles. The van der Waals surface area contributed by atoms with Crippen molar-refractivity contribution in [3.8, 4) is 0 Å². The number of nitrogens with zero attached hydrogens (tertiary/aromatic N) is 5. The lowest BCUT2D eigenvalue weighted by molar-refractivity contribution is -0.137. The van der Waals surface area contributed by atoms with Crippen molar-refractivity contribution in [2.24, 2.45) is 10.9 Å². The maximum absolute atomic E-state index is 13.2. The van der Waals surface area contributed by atoms with Gasteiger partial charge in [0.25, 0.3) is 0 Å². The van der Waals surface area contributed by atoms with Crippen molar-refractivity contribution in [3.05, 3.63) is 76.6 Å². The number of hydrogen-bond acceptors (Lipinski definition) is 7. The number of nitrogens with one attached hydrogen (secondary N) is 1. The van der Waals surface area contributed by atoms with Crippen molar-refractivity contribution in [3.63, 3.8) is 0 Å². The van der Waals surface area contributed by atoms with Gasteiger partial charge in [-0.3, -0.25) is 9.69 Å². The number of fused-ring (bicyclic) bond motifs is 1. The molecule has 1 aliphatic carbocycles. The Morgan fingerprint density at radius 1 is 1.15 bits per heavy atom. The van der Waals surface area contributed by atoms with E-state index in [9.17, 15) is 18.0 Å². The fourth-order valence-electron chi connectivity index (χ4n) is 5.42. The van der Waals surface area contributed by atoms with Crippen LogP contribution in [0.3, 0.4) is 0 Å². The Hall–Kier alpha value is -3.79. The third-order valence-corrected chi connectivity index (χ3v) is 7.91. The van der Waals surface area contributed by atoms with Crippen LogP contribution in [-0.4, -0.2) is 47.1 Å². The molecule has 0 radical (unpaired) electrons. The summed E-state index contributed by atoms with van der Waals surface area (Å²) in [6.07, 6.45) is 0.477. The number of carbonyl (C=O) groups excluding carboxylic acids is 1. The van der Waals surface area contributed by atoms with E-state index in [0.717, 1.165) is 44.5 Å². The van der Waals surface area contributed by atoms with E-state index in [4.69, 9.17) is 0 Å². The Bertz CT molecular complexity index is 1360. The van der Waals surface area contributed by atoms with Crippen LogP contribution in [0.2, 0.25) is 0 Å². The summed E-state index contributed by atoms with van der Waals surface area (Å²) in [5.41, 5.74) is 3.13. The van der Waals surface area contributed by atoms with Crippen LogP contribution in [0.15, 0.2) is 53.5 Å². The number of benzene rings is 2. The predicted molar refractivity (Wildman–Crippen MR) is 150 cm³/mol. The van der Waals surface area contributed by atoms with Crippen molar-refractivity contribution >= 4 is 30.3 Å². The van der Waals surface area contributed by atoms with Crippen LogP contribution in [0.25, 0.3) is 0 Å². The van der Waals surface area contributed by atoms with E-state index in [2.05, 4.69) is 51.0 Å². The molecule has 2 aliphatic rings. The second kappa shape index (κ2) is 11.8. The highest BCUT2D eigenvalue weighted by Crippen LogP contribution is 2.38. The molecule has 1 atom stereocenters. The summed E-state index contributed by atoms with van der Waals surface area (Å²) in [4.78, 5) is 29.0. The molecule has 0 amide bonds. The van der Waals surface area contributed by atoms with Crippen molar-refractivity contribution in [1.29, 1.82) is 0 Å². The first-order valence-corrected chi connectivity index (χ1v) is 13.6. The van der Waals surface area contributed by atoms with Gasteiger partial charge in [0.1, 0.15) is 5.69 Å². The van der Waals surface area contributed by atoms with E-state index < -0.39 is 11.7 Å². The number of aliphatic imine (C=N–C) groups is 1. The lowest BCUT2D eigenvalue weighted by Gasteiger charge is -2.37. The van der Waals surface area contributed by atoms with Crippen molar-refractivity contribution in [1.82, 2.24) is 14.9 Å². The highest BCUT2D eigenvalue weighted by atomic mass is 19.4. The first-order chi connectivity index (χ1) is 19.2. The number of anilines is 2. The Morgan fingerprint density at radius 3 is 2.50 bits per heavy atom. The molecule has 0 unspecified atom stereocenters. The molecule has 7 nitrogen and oxygen atoms in total. The second-order valence-electron chi connectivity index (χ2n) is 10.6. The van der Waals surface area contributed by atoms with Crippen molar-refractivity contribution in [2.45, 2.75) is 57.9 Å². The van der Waals surface area contributed by atoms with Gasteiger partial charge < -0.3 is 10.2 Å². The summed E-state index contributed by atoms with van der Waals surface area (Å²) in [5.74, 6) is 1.22. The van der Waals surface area contributed by atoms with Gasteiger partial charge in [-0.15, -0.1) is 0 Å². The Morgan fingerprint density at radius 2 is 1.88 bits per heavy atom.